The summed E-state index contributed by atoms with van der Waals surface area (Å²) in [5, 5.41) is 9.07. The Balaban J connectivity index is 2.19. The topological polar surface area (TPSA) is 49.8 Å². The van der Waals surface area contributed by atoms with E-state index in [1.165, 1.54) is 10.5 Å². The summed E-state index contributed by atoms with van der Waals surface area (Å²) < 4.78 is 5.09. The van der Waals surface area contributed by atoms with Gasteiger partial charge in [0.25, 0.3) is 0 Å². The number of hydrogen-bond acceptors (Lipinski definition) is 4. The molecule has 2 rings (SSSR count). The average Bonchev–Trinajstić information content (AvgIpc) is 2.42. The van der Waals surface area contributed by atoms with Gasteiger partial charge in [-0.2, -0.15) is 0 Å². The van der Waals surface area contributed by atoms with Crippen molar-refractivity contribution in [2.75, 3.05) is 32.6 Å². The van der Waals surface area contributed by atoms with Gasteiger partial charge in [-0.15, -0.1) is 11.8 Å². The van der Waals surface area contributed by atoms with E-state index in [0.717, 1.165) is 12.2 Å². The van der Waals surface area contributed by atoms with Gasteiger partial charge in [0, 0.05) is 24.6 Å². The Bertz CT molecular complexity index is 438. The van der Waals surface area contributed by atoms with Gasteiger partial charge in [-0.05, 0) is 23.8 Å². The Labute approximate surface area is 117 Å². The van der Waals surface area contributed by atoms with Crippen LogP contribution in [0.5, 0.6) is 0 Å². The minimum Gasteiger partial charge on any atom is -0.480 e. The van der Waals surface area contributed by atoms with Crippen molar-refractivity contribution in [3.8, 4) is 0 Å². The van der Waals surface area contributed by atoms with Crippen molar-refractivity contribution in [3.05, 3.63) is 29.8 Å². The van der Waals surface area contributed by atoms with Crippen molar-refractivity contribution in [1.82, 2.24) is 4.90 Å². The Morgan fingerprint density at radius 3 is 3.05 bits per heavy atom. The number of carbonyl (C=O) groups is 1. The van der Waals surface area contributed by atoms with E-state index >= 15 is 0 Å². The highest BCUT2D eigenvalue weighted by molar-refractivity contribution is 7.99. The molecular formula is C14H19NO3S. The van der Waals surface area contributed by atoms with E-state index in [0.29, 0.717) is 13.2 Å². The third-order valence-electron chi connectivity index (χ3n) is 3.29. The van der Waals surface area contributed by atoms with E-state index in [1.807, 2.05) is 28.8 Å². The average molecular weight is 281 g/mol. The first-order valence-corrected chi connectivity index (χ1v) is 7.37. The highest BCUT2D eigenvalue weighted by Gasteiger charge is 2.27. The minimum atomic E-state index is -0.785. The standard InChI is InChI=1S/C14H19NO3S/c1-18-8-7-15(10-14(16)17)12-6-9-19-13-5-3-2-4-11(12)13/h2-5,12H,6-10H2,1H3,(H,16,17). The summed E-state index contributed by atoms with van der Waals surface area (Å²) in [7, 11) is 1.64. The van der Waals surface area contributed by atoms with E-state index in [4.69, 9.17) is 9.84 Å². The molecular weight excluding hydrogens is 262 g/mol. The van der Waals surface area contributed by atoms with Crippen LogP contribution in [0.1, 0.15) is 18.0 Å². The molecule has 0 fully saturated rings. The molecule has 0 spiro atoms. The molecule has 0 aromatic heterocycles. The van der Waals surface area contributed by atoms with Crippen LogP contribution < -0.4 is 0 Å². The monoisotopic (exact) mass is 281 g/mol. The van der Waals surface area contributed by atoms with Crippen LogP contribution in [0.3, 0.4) is 0 Å². The first-order valence-electron chi connectivity index (χ1n) is 6.39. The molecule has 1 aliphatic rings. The van der Waals surface area contributed by atoms with Gasteiger partial charge in [-0.25, -0.2) is 0 Å². The lowest BCUT2D eigenvalue weighted by Gasteiger charge is -2.34. The van der Waals surface area contributed by atoms with Gasteiger partial charge in [0.15, 0.2) is 0 Å². The third-order valence-corrected chi connectivity index (χ3v) is 4.41. The first kappa shape index (κ1) is 14.4. The van der Waals surface area contributed by atoms with Gasteiger partial charge >= 0.3 is 5.97 Å². The fourth-order valence-corrected chi connectivity index (χ4v) is 3.54. The first-order chi connectivity index (χ1) is 9.22. The number of nitrogens with zero attached hydrogens (tertiary/aromatic N) is 1. The number of hydrogen-bond donors (Lipinski definition) is 1. The second kappa shape index (κ2) is 6.93. The molecule has 0 saturated heterocycles. The summed E-state index contributed by atoms with van der Waals surface area (Å²) in [6.45, 7) is 1.26. The third kappa shape index (κ3) is 3.72. The molecule has 1 aliphatic heterocycles. The Morgan fingerprint density at radius 1 is 1.53 bits per heavy atom. The lowest BCUT2D eigenvalue weighted by Crippen LogP contribution is -2.37. The molecule has 104 valence electrons. The van der Waals surface area contributed by atoms with Gasteiger partial charge in [0.1, 0.15) is 0 Å². The van der Waals surface area contributed by atoms with Crippen LogP contribution in [0.2, 0.25) is 0 Å². The zero-order valence-electron chi connectivity index (χ0n) is 11.0. The maximum Gasteiger partial charge on any atom is 0.317 e. The van der Waals surface area contributed by atoms with Crippen LogP contribution in [0.15, 0.2) is 29.2 Å². The fraction of sp³-hybridized carbons (Fsp3) is 0.500. The van der Waals surface area contributed by atoms with Gasteiger partial charge in [0.2, 0.25) is 0 Å². The predicted molar refractivity (Wildman–Crippen MR) is 75.6 cm³/mol. The summed E-state index contributed by atoms with van der Waals surface area (Å²) in [6, 6.07) is 8.45. The molecule has 1 unspecified atom stereocenters. The molecule has 0 amide bonds. The molecule has 19 heavy (non-hydrogen) atoms. The molecule has 5 heteroatoms. The fourth-order valence-electron chi connectivity index (χ4n) is 2.43. The van der Waals surface area contributed by atoms with Crippen LogP contribution in [0.25, 0.3) is 0 Å². The number of methoxy groups -OCH3 is 1. The summed E-state index contributed by atoms with van der Waals surface area (Å²) in [4.78, 5) is 14.3. The maximum absolute atomic E-state index is 11.0. The molecule has 1 aromatic rings. The second-order valence-electron chi connectivity index (χ2n) is 4.55. The summed E-state index contributed by atoms with van der Waals surface area (Å²) >= 11 is 1.85. The zero-order valence-corrected chi connectivity index (χ0v) is 11.9. The SMILES string of the molecule is COCCN(CC(=O)O)C1CCSc2ccccc21. The lowest BCUT2D eigenvalue weighted by atomic mass is 10.0. The second-order valence-corrected chi connectivity index (χ2v) is 5.68. The number of benzene rings is 1. The van der Waals surface area contributed by atoms with Gasteiger partial charge < -0.3 is 9.84 Å². The lowest BCUT2D eigenvalue weighted by molar-refractivity contribution is -0.139. The quantitative estimate of drug-likeness (QED) is 0.866. The summed E-state index contributed by atoms with van der Waals surface area (Å²) in [5.74, 6) is 0.247. The van der Waals surface area contributed by atoms with Gasteiger partial charge in [-0.3, -0.25) is 9.69 Å². The van der Waals surface area contributed by atoms with Crippen LogP contribution in [0.4, 0.5) is 0 Å². The van der Waals surface area contributed by atoms with Crippen LogP contribution in [-0.2, 0) is 9.53 Å². The Morgan fingerprint density at radius 2 is 2.32 bits per heavy atom. The Hall–Kier alpha value is -1.04. The largest absolute Gasteiger partial charge is 0.480 e. The van der Waals surface area contributed by atoms with Gasteiger partial charge in [0.05, 0.1) is 13.2 Å². The summed E-state index contributed by atoms with van der Waals surface area (Å²) in [5.41, 5.74) is 1.25. The van der Waals surface area contributed by atoms with Crippen LogP contribution >= 0.6 is 11.8 Å². The van der Waals surface area contributed by atoms with E-state index in [2.05, 4.69) is 12.1 Å². The number of aliphatic carboxylic acids is 1. The number of ether oxygens (including phenoxy) is 1. The van der Waals surface area contributed by atoms with Gasteiger partial charge in [-0.1, -0.05) is 18.2 Å². The number of fused-ring (bicyclic) bond motifs is 1. The van der Waals surface area contributed by atoms with Crippen molar-refractivity contribution in [3.63, 3.8) is 0 Å². The smallest absolute Gasteiger partial charge is 0.317 e. The molecule has 0 saturated carbocycles. The molecule has 4 nitrogen and oxygen atoms in total. The molecule has 0 radical (unpaired) electrons. The molecule has 1 atom stereocenters. The number of rotatable bonds is 6. The Kier molecular flexibility index (Phi) is 5.24. The number of carboxylic acid groups (broad SMARTS) is 1. The number of carboxylic acids is 1. The molecule has 0 bridgehead atoms. The molecule has 1 aromatic carbocycles. The highest BCUT2D eigenvalue weighted by atomic mass is 32.2. The predicted octanol–water partition coefficient (Wildman–Crippen LogP) is 2.26. The molecule has 0 aliphatic carbocycles. The van der Waals surface area contributed by atoms with E-state index in [1.54, 1.807) is 7.11 Å². The minimum absolute atomic E-state index is 0.0625. The van der Waals surface area contributed by atoms with E-state index < -0.39 is 5.97 Å². The molecule has 1 heterocycles. The normalized spacial score (nSPS) is 18.3. The van der Waals surface area contributed by atoms with E-state index in [-0.39, 0.29) is 12.6 Å². The molecule has 1 N–H and O–H groups in total. The van der Waals surface area contributed by atoms with Crippen molar-refractivity contribution < 1.29 is 14.6 Å². The maximum atomic E-state index is 11.0. The van der Waals surface area contributed by atoms with Crippen LogP contribution in [-0.4, -0.2) is 48.5 Å². The van der Waals surface area contributed by atoms with Crippen molar-refractivity contribution >= 4 is 17.7 Å². The summed E-state index contributed by atoms with van der Waals surface area (Å²) in [6.07, 6.45) is 0.985. The zero-order chi connectivity index (χ0) is 13.7. The van der Waals surface area contributed by atoms with Crippen LogP contribution in [0, 0.1) is 0 Å². The van der Waals surface area contributed by atoms with E-state index in [9.17, 15) is 4.79 Å². The van der Waals surface area contributed by atoms with Crippen molar-refractivity contribution in [2.24, 2.45) is 0 Å². The number of thioether (sulfide) groups is 1. The van der Waals surface area contributed by atoms with Crippen molar-refractivity contribution in [1.29, 1.82) is 0 Å². The van der Waals surface area contributed by atoms with Crippen molar-refractivity contribution in [2.45, 2.75) is 17.4 Å². The highest BCUT2D eigenvalue weighted by Crippen LogP contribution is 2.38.